The smallest absolute Gasteiger partial charge is 0.809 e. The fourth-order valence-corrected chi connectivity index (χ4v) is 5.99. The summed E-state index contributed by atoms with van der Waals surface area (Å²) in [5, 5.41) is 0. The van der Waals surface area contributed by atoms with Crippen LogP contribution in [0.3, 0.4) is 0 Å². The number of alkyl halides is 2. The van der Waals surface area contributed by atoms with Crippen LogP contribution >= 0.6 is 53.6 Å². The van der Waals surface area contributed by atoms with E-state index in [1.165, 1.54) is 48.5 Å². The average molecular weight is 640 g/mol. The number of rotatable bonds is 8. The SMILES string of the molecule is O=P([O-])([O-])C(Cl)P(=O)([O-])Oc1ccccc1.O=P([O-])([O-])C(Cl)P(=O)([O-])Oc1ccccc1.[Mg+2].[Mg+2].[Mg+2]. The van der Waals surface area contributed by atoms with Crippen molar-refractivity contribution in [3.05, 3.63) is 60.7 Å². The van der Waals surface area contributed by atoms with E-state index in [0.29, 0.717) is 0 Å². The summed E-state index contributed by atoms with van der Waals surface area (Å²) in [5.41, 5.74) is 0. The van der Waals surface area contributed by atoms with Crippen LogP contribution in [0.2, 0.25) is 0 Å². The fraction of sp³-hybridized carbons (Fsp3) is 0.143. The topological polar surface area (TPSA) is 225 Å². The molecule has 0 aromatic heterocycles. The van der Waals surface area contributed by atoms with Crippen LogP contribution in [-0.2, 0) is 18.3 Å². The van der Waals surface area contributed by atoms with Gasteiger partial charge in [0.2, 0.25) is 15.2 Å². The molecule has 2 rings (SSSR count). The number of para-hydroxylation sites is 2. The van der Waals surface area contributed by atoms with Gasteiger partial charge >= 0.3 is 69.2 Å². The Balaban J connectivity index is -0.000000539. The molecule has 0 spiro atoms. The minimum Gasteiger partial charge on any atom is -0.809 e. The van der Waals surface area contributed by atoms with Crippen molar-refractivity contribution in [1.82, 2.24) is 0 Å². The summed E-state index contributed by atoms with van der Waals surface area (Å²) in [6.45, 7) is 0. The molecule has 180 valence electrons. The van der Waals surface area contributed by atoms with Crippen molar-refractivity contribution in [1.29, 1.82) is 0 Å². The van der Waals surface area contributed by atoms with E-state index in [4.69, 9.17) is 23.2 Å². The molecule has 4 unspecified atom stereocenters. The largest absolute Gasteiger partial charge is 2.00 e. The monoisotopic (exact) mass is 638 g/mol. The zero-order valence-corrected chi connectivity index (χ0v) is 26.8. The molecule has 0 saturated heterocycles. The van der Waals surface area contributed by atoms with Crippen LogP contribution in [0, 0.1) is 0 Å². The quantitative estimate of drug-likeness (QED) is 0.192. The third-order valence-corrected chi connectivity index (χ3v) is 12.3. The Labute approximate surface area is 258 Å². The van der Waals surface area contributed by atoms with Gasteiger partial charge in [-0.15, -0.1) is 23.2 Å². The van der Waals surface area contributed by atoms with E-state index in [0.717, 1.165) is 0 Å². The van der Waals surface area contributed by atoms with Gasteiger partial charge in [0, 0.05) is 0 Å². The molecule has 0 heterocycles. The summed E-state index contributed by atoms with van der Waals surface area (Å²) in [6.07, 6.45) is 0. The maximum absolute atomic E-state index is 11.2. The van der Waals surface area contributed by atoms with Crippen molar-refractivity contribution in [3.8, 4) is 11.5 Å². The summed E-state index contributed by atoms with van der Waals surface area (Å²) in [7, 11) is -20.9. The Morgan fingerprint density at radius 2 is 0.771 bits per heavy atom. The van der Waals surface area contributed by atoms with Crippen LogP contribution in [-0.4, -0.2) is 78.9 Å². The summed E-state index contributed by atoms with van der Waals surface area (Å²) < 4.78 is 52.2. The summed E-state index contributed by atoms with van der Waals surface area (Å²) >= 11 is 10.0. The molecule has 2 aromatic carbocycles. The van der Waals surface area contributed by atoms with Crippen molar-refractivity contribution in [2.45, 2.75) is 9.72 Å². The first-order chi connectivity index (χ1) is 14.5. The molecule has 0 bridgehead atoms. The number of halogens is 2. The van der Waals surface area contributed by atoms with Gasteiger partial charge in [-0.1, -0.05) is 36.4 Å². The second-order valence-electron chi connectivity index (χ2n) is 5.59. The van der Waals surface area contributed by atoms with Crippen molar-refractivity contribution in [2.75, 3.05) is 0 Å². The predicted molar refractivity (Wildman–Crippen MR) is 121 cm³/mol. The van der Waals surface area contributed by atoms with Crippen molar-refractivity contribution >= 4 is 123 Å². The van der Waals surface area contributed by atoms with E-state index in [9.17, 15) is 47.6 Å². The van der Waals surface area contributed by atoms with Gasteiger partial charge in [-0.05, 0) is 39.5 Å². The third-order valence-electron chi connectivity index (χ3n) is 3.00. The molecule has 0 aliphatic heterocycles. The van der Waals surface area contributed by atoms with Gasteiger partial charge in [0.05, 0.1) is 0 Å². The van der Waals surface area contributed by atoms with Crippen LogP contribution < -0.4 is 38.4 Å². The van der Waals surface area contributed by atoms with Gasteiger partial charge in [-0.3, -0.25) is 9.13 Å². The first-order valence-corrected chi connectivity index (χ1v) is 15.2. The maximum atomic E-state index is 11.2. The summed E-state index contributed by atoms with van der Waals surface area (Å²) in [4.78, 5) is 59.1. The molecule has 0 aliphatic rings. The molecule has 2 aromatic rings. The van der Waals surface area contributed by atoms with Gasteiger partial charge in [0.25, 0.3) is 0 Å². The van der Waals surface area contributed by atoms with E-state index >= 15 is 0 Å². The Hall–Kier alpha value is 1.60. The average Bonchev–Trinajstić information content (AvgIpc) is 2.67. The first kappa shape index (κ1) is 41.1. The van der Waals surface area contributed by atoms with Gasteiger partial charge < -0.3 is 47.5 Å². The van der Waals surface area contributed by atoms with Gasteiger partial charge in [-0.2, -0.15) is 0 Å². The van der Waals surface area contributed by atoms with E-state index < -0.39 is 40.1 Å². The molecular weight excluding hydrogens is 628 g/mol. The molecule has 0 amide bonds. The number of benzene rings is 2. The number of hydrogen-bond acceptors (Lipinski definition) is 12. The third kappa shape index (κ3) is 15.1. The van der Waals surface area contributed by atoms with Gasteiger partial charge in [0.15, 0.2) is 0 Å². The molecule has 0 saturated carbocycles. The minimum atomic E-state index is -5.45. The second-order valence-corrected chi connectivity index (χ2v) is 15.2. The van der Waals surface area contributed by atoms with Crippen LogP contribution in [0.15, 0.2) is 60.7 Å². The van der Waals surface area contributed by atoms with Crippen molar-refractivity contribution < 1.29 is 56.7 Å². The fourth-order valence-electron chi connectivity index (χ4n) is 1.69. The van der Waals surface area contributed by atoms with Crippen LogP contribution in [0.4, 0.5) is 0 Å². The molecule has 21 heteroatoms. The van der Waals surface area contributed by atoms with Gasteiger partial charge in [0.1, 0.15) is 21.2 Å². The summed E-state index contributed by atoms with van der Waals surface area (Å²) in [5.74, 6) is -0.222. The van der Waals surface area contributed by atoms with Crippen LogP contribution in [0.25, 0.3) is 0 Å². The normalized spacial score (nSPS) is 16.0. The second kappa shape index (κ2) is 17.3. The molecular formula is C14H12Cl2Mg3O12P4. The molecule has 0 N–H and O–H groups in total. The Morgan fingerprint density at radius 3 is 0.971 bits per heavy atom. The molecule has 0 fully saturated rings. The molecule has 0 radical (unpaired) electrons. The predicted octanol–water partition coefficient (Wildman–Crippen LogP) is -1.03. The molecule has 4 atom stereocenters. The first-order valence-electron chi connectivity index (χ1n) is 7.89. The minimum absolute atomic E-state index is 0. The Morgan fingerprint density at radius 1 is 0.543 bits per heavy atom. The maximum Gasteiger partial charge on any atom is 2.00 e. The number of hydrogen-bond donors (Lipinski definition) is 0. The zero-order chi connectivity index (χ0) is 24.8. The molecule has 0 aliphatic carbocycles. The zero-order valence-electron chi connectivity index (χ0n) is 17.5. The van der Waals surface area contributed by atoms with E-state index in [1.54, 1.807) is 12.1 Å². The van der Waals surface area contributed by atoms with Crippen LogP contribution in [0.1, 0.15) is 0 Å². The van der Waals surface area contributed by atoms with Crippen molar-refractivity contribution in [2.24, 2.45) is 0 Å². The molecule has 12 nitrogen and oxygen atoms in total. The van der Waals surface area contributed by atoms with E-state index in [2.05, 4.69) is 9.05 Å². The van der Waals surface area contributed by atoms with Gasteiger partial charge in [-0.25, -0.2) is 0 Å². The van der Waals surface area contributed by atoms with Crippen molar-refractivity contribution in [3.63, 3.8) is 0 Å². The van der Waals surface area contributed by atoms with E-state index in [1.807, 2.05) is 0 Å². The standard InChI is InChI=1S/2C7H9ClO6P2.3Mg/c2*8-7(15(9,10)11)16(12,13)14-6-4-2-1-3-5-6;;;/h2*1-5,7H,(H,12,13)(H2,9,10,11);;;/q;;3*+2/p-6. The van der Waals surface area contributed by atoms with Crippen LogP contribution in [0.5, 0.6) is 11.5 Å². The summed E-state index contributed by atoms with van der Waals surface area (Å²) in [6, 6.07) is 14.3. The van der Waals surface area contributed by atoms with E-state index in [-0.39, 0.29) is 80.7 Å². The Bertz CT molecular complexity index is 987. The Kier molecular flexibility index (Phi) is 20.3. The molecule has 35 heavy (non-hydrogen) atoms.